The van der Waals surface area contributed by atoms with Gasteiger partial charge in [-0.05, 0) is 17.7 Å². The van der Waals surface area contributed by atoms with Crippen LogP contribution in [0.2, 0.25) is 5.02 Å². The first kappa shape index (κ1) is 16.8. The minimum absolute atomic E-state index is 0.111. The van der Waals surface area contributed by atoms with E-state index in [-0.39, 0.29) is 12.5 Å². The van der Waals surface area contributed by atoms with Gasteiger partial charge < -0.3 is 10.4 Å². The SMILES string of the molecule is O=C(CSCc1cccnc1)NCC(O)c1ccccc1Cl. The van der Waals surface area contributed by atoms with Crippen molar-refractivity contribution < 1.29 is 9.90 Å². The molecule has 0 spiro atoms. The van der Waals surface area contributed by atoms with E-state index in [9.17, 15) is 9.90 Å². The summed E-state index contributed by atoms with van der Waals surface area (Å²) in [6.45, 7) is 0.149. The van der Waals surface area contributed by atoms with Crippen LogP contribution in [0, 0.1) is 0 Å². The Kier molecular flexibility index (Phi) is 6.71. The summed E-state index contributed by atoms with van der Waals surface area (Å²) in [7, 11) is 0. The summed E-state index contributed by atoms with van der Waals surface area (Å²) in [5.74, 6) is 0.957. The number of carbonyl (C=O) groups is 1. The molecule has 0 bridgehead atoms. The van der Waals surface area contributed by atoms with Crippen LogP contribution < -0.4 is 5.32 Å². The van der Waals surface area contributed by atoms with E-state index < -0.39 is 6.10 Å². The third-order valence-corrected chi connectivity index (χ3v) is 4.33. The Hall–Kier alpha value is -1.56. The molecular formula is C16H17ClN2O2S. The number of nitrogens with one attached hydrogen (secondary N) is 1. The third-order valence-electron chi connectivity index (χ3n) is 2.98. The Morgan fingerprint density at radius 3 is 2.86 bits per heavy atom. The Morgan fingerprint density at radius 1 is 1.32 bits per heavy atom. The molecule has 2 rings (SSSR count). The van der Waals surface area contributed by atoms with Gasteiger partial charge in [0.1, 0.15) is 0 Å². The average molecular weight is 337 g/mol. The fourth-order valence-electron chi connectivity index (χ4n) is 1.86. The highest BCUT2D eigenvalue weighted by Crippen LogP contribution is 2.21. The summed E-state index contributed by atoms with van der Waals surface area (Å²) in [4.78, 5) is 15.8. The lowest BCUT2D eigenvalue weighted by atomic mass is 10.1. The van der Waals surface area contributed by atoms with Gasteiger partial charge in [0.25, 0.3) is 0 Å². The largest absolute Gasteiger partial charge is 0.387 e. The zero-order valence-corrected chi connectivity index (χ0v) is 13.5. The molecule has 2 aromatic rings. The summed E-state index contributed by atoms with van der Waals surface area (Å²) in [5.41, 5.74) is 1.70. The van der Waals surface area contributed by atoms with Gasteiger partial charge in [-0.15, -0.1) is 11.8 Å². The summed E-state index contributed by atoms with van der Waals surface area (Å²) in [6, 6.07) is 10.9. The predicted molar refractivity (Wildman–Crippen MR) is 89.8 cm³/mol. The van der Waals surface area contributed by atoms with Gasteiger partial charge in [-0.25, -0.2) is 0 Å². The molecule has 2 N–H and O–H groups in total. The number of aromatic nitrogens is 1. The van der Waals surface area contributed by atoms with Crippen LogP contribution >= 0.6 is 23.4 Å². The molecule has 0 aliphatic heterocycles. The number of hydrogen-bond donors (Lipinski definition) is 2. The molecule has 6 heteroatoms. The monoisotopic (exact) mass is 336 g/mol. The maximum Gasteiger partial charge on any atom is 0.230 e. The van der Waals surface area contributed by atoms with Crippen LogP contribution in [0.1, 0.15) is 17.2 Å². The number of carbonyl (C=O) groups excluding carboxylic acids is 1. The van der Waals surface area contributed by atoms with Crippen molar-refractivity contribution in [3.8, 4) is 0 Å². The number of aliphatic hydroxyl groups is 1. The van der Waals surface area contributed by atoms with Gasteiger partial charge in [0, 0.05) is 35.3 Å². The number of aliphatic hydroxyl groups excluding tert-OH is 1. The first-order valence-electron chi connectivity index (χ1n) is 6.82. The molecule has 1 heterocycles. The number of rotatable bonds is 7. The average Bonchev–Trinajstić information content (AvgIpc) is 2.54. The highest BCUT2D eigenvalue weighted by molar-refractivity contribution is 7.99. The summed E-state index contributed by atoms with van der Waals surface area (Å²) in [6.07, 6.45) is 2.70. The highest BCUT2D eigenvalue weighted by atomic mass is 35.5. The number of pyridine rings is 1. The van der Waals surface area contributed by atoms with Crippen LogP contribution in [0.25, 0.3) is 0 Å². The van der Waals surface area contributed by atoms with Gasteiger partial charge in [0.05, 0.1) is 11.9 Å². The molecule has 0 radical (unpaired) electrons. The normalized spacial score (nSPS) is 11.9. The molecule has 0 fully saturated rings. The van der Waals surface area contributed by atoms with E-state index in [0.717, 1.165) is 11.3 Å². The van der Waals surface area contributed by atoms with Crippen molar-refractivity contribution in [1.82, 2.24) is 10.3 Å². The van der Waals surface area contributed by atoms with Crippen molar-refractivity contribution in [3.05, 3.63) is 64.9 Å². The van der Waals surface area contributed by atoms with E-state index >= 15 is 0 Å². The minimum atomic E-state index is -0.805. The number of halogens is 1. The van der Waals surface area contributed by atoms with Crippen LogP contribution in [-0.2, 0) is 10.5 Å². The molecule has 1 atom stereocenters. The maximum atomic E-state index is 11.8. The number of amides is 1. The van der Waals surface area contributed by atoms with Crippen LogP contribution in [0.15, 0.2) is 48.8 Å². The number of thioether (sulfide) groups is 1. The van der Waals surface area contributed by atoms with Crippen molar-refractivity contribution in [2.24, 2.45) is 0 Å². The van der Waals surface area contributed by atoms with E-state index in [1.807, 2.05) is 12.1 Å². The van der Waals surface area contributed by atoms with Crippen molar-refractivity contribution in [1.29, 1.82) is 0 Å². The second-order valence-electron chi connectivity index (χ2n) is 4.70. The lowest BCUT2D eigenvalue weighted by Gasteiger charge is -2.13. The van der Waals surface area contributed by atoms with Crippen LogP contribution in [-0.4, -0.2) is 28.3 Å². The van der Waals surface area contributed by atoms with Gasteiger partial charge in [0.2, 0.25) is 5.91 Å². The molecule has 1 amide bonds. The number of benzene rings is 1. The second-order valence-corrected chi connectivity index (χ2v) is 6.09. The third kappa shape index (κ3) is 5.33. The van der Waals surface area contributed by atoms with Crippen molar-refractivity contribution in [3.63, 3.8) is 0 Å². The fraction of sp³-hybridized carbons (Fsp3) is 0.250. The molecule has 0 saturated heterocycles. The molecule has 116 valence electrons. The molecule has 4 nitrogen and oxygen atoms in total. The maximum absolute atomic E-state index is 11.8. The Balaban J connectivity index is 1.70. The quantitative estimate of drug-likeness (QED) is 0.816. The first-order valence-corrected chi connectivity index (χ1v) is 8.36. The van der Waals surface area contributed by atoms with Crippen molar-refractivity contribution >= 4 is 29.3 Å². The molecule has 0 aliphatic rings. The number of hydrogen-bond acceptors (Lipinski definition) is 4. The van der Waals surface area contributed by atoms with Crippen molar-refractivity contribution in [2.45, 2.75) is 11.9 Å². The van der Waals surface area contributed by atoms with Crippen LogP contribution in [0.5, 0.6) is 0 Å². The molecule has 1 aromatic heterocycles. The smallest absolute Gasteiger partial charge is 0.230 e. The Labute approximate surface area is 138 Å². The summed E-state index contributed by atoms with van der Waals surface area (Å²) >= 11 is 7.51. The predicted octanol–water partition coefficient (Wildman–Crippen LogP) is 2.82. The summed E-state index contributed by atoms with van der Waals surface area (Å²) in [5, 5.41) is 13.2. The molecule has 0 aliphatic carbocycles. The molecule has 22 heavy (non-hydrogen) atoms. The zero-order valence-electron chi connectivity index (χ0n) is 11.9. The standard InChI is InChI=1S/C16H17ClN2O2S/c17-14-6-2-1-5-13(14)15(20)9-19-16(21)11-22-10-12-4-3-7-18-8-12/h1-8,15,20H,9-11H2,(H,19,21). The van der Waals surface area contributed by atoms with Crippen LogP contribution in [0.3, 0.4) is 0 Å². The van der Waals surface area contributed by atoms with E-state index in [2.05, 4.69) is 10.3 Å². The number of nitrogens with zero attached hydrogens (tertiary/aromatic N) is 1. The first-order chi connectivity index (χ1) is 10.7. The van der Waals surface area contributed by atoms with Gasteiger partial charge >= 0.3 is 0 Å². The van der Waals surface area contributed by atoms with Gasteiger partial charge in [0.15, 0.2) is 0 Å². The Bertz CT molecular complexity index is 610. The van der Waals surface area contributed by atoms with E-state index in [1.54, 1.807) is 36.7 Å². The van der Waals surface area contributed by atoms with Gasteiger partial charge in [-0.1, -0.05) is 35.9 Å². The highest BCUT2D eigenvalue weighted by Gasteiger charge is 2.12. The van der Waals surface area contributed by atoms with Crippen LogP contribution in [0.4, 0.5) is 0 Å². The van der Waals surface area contributed by atoms with E-state index in [0.29, 0.717) is 16.3 Å². The Morgan fingerprint density at radius 2 is 2.14 bits per heavy atom. The molecular weight excluding hydrogens is 320 g/mol. The molecule has 1 aromatic carbocycles. The van der Waals surface area contributed by atoms with Gasteiger partial charge in [-0.3, -0.25) is 9.78 Å². The zero-order chi connectivity index (χ0) is 15.8. The molecule has 0 saturated carbocycles. The lowest BCUT2D eigenvalue weighted by Crippen LogP contribution is -2.29. The van der Waals surface area contributed by atoms with E-state index in [1.165, 1.54) is 11.8 Å². The fourth-order valence-corrected chi connectivity index (χ4v) is 2.92. The summed E-state index contributed by atoms with van der Waals surface area (Å²) < 4.78 is 0. The minimum Gasteiger partial charge on any atom is -0.387 e. The topological polar surface area (TPSA) is 62.2 Å². The lowest BCUT2D eigenvalue weighted by molar-refractivity contribution is -0.119. The van der Waals surface area contributed by atoms with Crippen molar-refractivity contribution in [2.75, 3.05) is 12.3 Å². The second kappa shape index (κ2) is 8.78. The van der Waals surface area contributed by atoms with E-state index in [4.69, 9.17) is 11.6 Å². The van der Waals surface area contributed by atoms with Gasteiger partial charge in [-0.2, -0.15) is 0 Å². The molecule has 1 unspecified atom stereocenters.